The quantitative estimate of drug-likeness (QED) is 0.654. The lowest BCUT2D eigenvalue weighted by Gasteiger charge is -2.05. The maximum absolute atomic E-state index is 11.5. The van der Waals surface area contributed by atoms with Crippen LogP contribution in [0.2, 0.25) is 0 Å². The highest BCUT2D eigenvalue weighted by atomic mass is 79.9. The SMILES string of the molecule is Cc1cccc(O)c1C(=O)CCBr. The van der Waals surface area contributed by atoms with Crippen LogP contribution in [0.4, 0.5) is 0 Å². The summed E-state index contributed by atoms with van der Waals surface area (Å²) in [5.41, 5.74) is 1.27. The number of hydrogen-bond acceptors (Lipinski definition) is 2. The minimum atomic E-state index is -0.0209. The minimum Gasteiger partial charge on any atom is -0.507 e. The van der Waals surface area contributed by atoms with Crippen molar-refractivity contribution in [1.82, 2.24) is 0 Å². The first kappa shape index (κ1) is 10.3. The van der Waals surface area contributed by atoms with Gasteiger partial charge in [0.15, 0.2) is 5.78 Å². The van der Waals surface area contributed by atoms with E-state index >= 15 is 0 Å². The summed E-state index contributed by atoms with van der Waals surface area (Å²) < 4.78 is 0. The molecule has 0 fully saturated rings. The number of aryl methyl sites for hydroxylation is 1. The molecule has 0 saturated heterocycles. The predicted molar refractivity (Wildman–Crippen MR) is 55.6 cm³/mol. The average Bonchev–Trinajstić information content (AvgIpc) is 2.04. The number of Topliss-reactive ketones (excluding diaryl/α,β-unsaturated/α-hetero) is 1. The second-order valence-electron chi connectivity index (χ2n) is 2.83. The minimum absolute atomic E-state index is 0.0209. The Morgan fingerprint density at radius 3 is 2.77 bits per heavy atom. The largest absolute Gasteiger partial charge is 0.507 e. The maximum Gasteiger partial charge on any atom is 0.167 e. The molecule has 1 aromatic rings. The van der Waals surface area contributed by atoms with Gasteiger partial charge in [0.25, 0.3) is 0 Å². The molecule has 0 saturated carbocycles. The summed E-state index contributed by atoms with van der Waals surface area (Å²) in [6.45, 7) is 1.82. The Morgan fingerprint density at radius 2 is 2.23 bits per heavy atom. The van der Waals surface area contributed by atoms with Gasteiger partial charge >= 0.3 is 0 Å². The molecular formula is C10H11BrO2. The normalized spacial score (nSPS) is 10.0. The molecule has 1 aromatic carbocycles. The molecule has 0 aliphatic rings. The van der Waals surface area contributed by atoms with Gasteiger partial charge in [0.1, 0.15) is 5.75 Å². The van der Waals surface area contributed by atoms with Crippen LogP contribution in [0.15, 0.2) is 18.2 Å². The molecule has 0 radical (unpaired) electrons. The number of benzene rings is 1. The van der Waals surface area contributed by atoms with Crippen molar-refractivity contribution >= 4 is 21.7 Å². The summed E-state index contributed by atoms with van der Waals surface area (Å²) in [6, 6.07) is 5.09. The van der Waals surface area contributed by atoms with Gasteiger partial charge in [-0.1, -0.05) is 28.1 Å². The van der Waals surface area contributed by atoms with E-state index in [4.69, 9.17) is 0 Å². The van der Waals surface area contributed by atoms with Gasteiger partial charge in [-0.2, -0.15) is 0 Å². The zero-order chi connectivity index (χ0) is 9.84. The van der Waals surface area contributed by atoms with E-state index in [1.165, 1.54) is 6.07 Å². The highest BCUT2D eigenvalue weighted by Gasteiger charge is 2.12. The molecular weight excluding hydrogens is 232 g/mol. The fourth-order valence-electron chi connectivity index (χ4n) is 1.23. The van der Waals surface area contributed by atoms with Crippen LogP contribution in [0.3, 0.4) is 0 Å². The average molecular weight is 243 g/mol. The first-order valence-corrected chi connectivity index (χ1v) is 5.16. The van der Waals surface area contributed by atoms with Crippen LogP contribution in [0.5, 0.6) is 5.75 Å². The van der Waals surface area contributed by atoms with Gasteiger partial charge in [-0.05, 0) is 18.6 Å². The van der Waals surface area contributed by atoms with E-state index in [9.17, 15) is 9.90 Å². The predicted octanol–water partition coefficient (Wildman–Crippen LogP) is 2.67. The number of rotatable bonds is 3. The molecule has 0 aromatic heterocycles. The summed E-state index contributed by atoms with van der Waals surface area (Å²) in [5.74, 6) is 0.0541. The molecule has 0 aliphatic heterocycles. The molecule has 1 rings (SSSR count). The number of carbonyl (C=O) groups is 1. The Labute approximate surface area is 85.7 Å². The van der Waals surface area contributed by atoms with E-state index in [0.717, 1.165) is 5.56 Å². The summed E-state index contributed by atoms with van der Waals surface area (Å²) in [5, 5.41) is 10.1. The van der Waals surface area contributed by atoms with Crippen molar-refractivity contribution in [3.8, 4) is 5.75 Å². The van der Waals surface area contributed by atoms with E-state index in [1.54, 1.807) is 6.07 Å². The van der Waals surface area contributed by atoms with E-state index < -0.39 is 0 Å². The first-order valence-electron chi connectivity index (χ1n) is 4.04. The molecule has 0 heterocycles. The molecule has 0 unspecified atom stereocenters. The third-order valence-corrected chi connectivity index (χ3v) is 2.25. The number of alkyl halides is 1. The second kappa shape index (κ2) is 4.42. The van der Waals surface area contributed by atoms with Gasteiger partial charge in [0.05, 0.1) is 5.56 Å². The number of phenolic OH excluding ortho intramolecular Hbond substituents is 1. The highest BCUT2D eigenvalue weighted by Crippen LogP contribution is 2.21. The number of hydrogen-bond donors (Lipinski definition) is 1. The highest BCUT2D eigenvalue weighted by molar-refractivity contribution is 9.09. The number of halogens is 1. The Kier molecular flexibility index (Phi) is 3.48. The number of carbonyl (C=O) groups excluding carboxylic acids is 1. The van der Waals surface area contributed by atoms with Crippen LogP contribution in [-0.2, 0) is 0 Å². The Morgan fingerprint density at radius 1 is 1.54 bits per heavy atom. The third kappa shape index (κ3) is 2.31. The standard InChI is InChI=1S/C10H11BrO2/c1-7-3-2-4-8(12)10(7)9(13)5-6-11/h2-4,12H,5-6H2,1H3. The monoisotopic (exact) mass is 242 g/mol. The number of phenols is 1. The number of ketones is 1. The maximum atomic E-state index is 11.5. The van der Waals surface area contributed by atoms with Crippen molar-refractivity contribution in [3.05, 3.63) is 29.3 Å². The zero-order valence-corrected chi connectivity index (χ0v) is 8.97. The topological polar surface area (TPSA) is 37.3 Å². The molecule has 2 nitrogen and oxygen atoms in total. The van der Waals surface area contributed by atoms with Gasteiger partial charge in [0, 0.05) is 11.8 Å². The van der Waals surface area contributed by atoms with Crippen molar-refractivity contribution in [1.29, 1.82) is 0 Å². The van der Waals surface area contributed by atoms with Gasteiger partial charge < -0.3 is 5.11 Å². The van der Waals surface area contributed by atoms with Gasteiger partial charge in [-0.3, -0.25) is 4.79 Å². The van der Waals surface area contributed by atoms with Crippen LogP contribution in [0, 0.1) is 6.92 Å². The zero-order valence-electron chi connectivity index (χ0n) is 7.38. The third-order valence-electron chi connectivity index (χ3n) is 1.85. The van der Waals surface area contributed by atoms with Crippen molar-refractivity contribution in [2.24, 2.45) is 0 Å². The van der Waals surface area contributed by atoms with Crippen LogP contribution >= 0.6 is 15.9 Å². The van der Waals surface area contributed by atoms with Gasteiger partial charge in [-0.25, -0.2) is 0 Å². The summed E-state index contributed by atoms with van der Waals surface area (Å²) in [6.07, 6.45) is 0.415. The van der Waals surface area contributed by atoms with E-state index in [-0.39, 0.29) is 11.5 Å². The van der Waals surface area contributed by atoms with Crippen LogP contribution < -0.4 is 0 Å². The lowest BCUT2D eigenvalue weighted by atomic mass is 10.0. The molecule has 1 N–H and O–H groups in total. The van der Waals surface area contributed by atoms with Crippen molar-refractivity contribution in [3.63, 3.8) is 0 Å². The van der Waals surface area contributed by atoms with Crippen molar-refractivity contribution < 1.29 is 9.90 Å². The molecule has 0 amide bonds. The number of aromatic hydroxyl groups is 1. The van der Waals surface area contributed by atoms with Gasteiger partial charge in [0.2, 0.25) is 0 Å². The van der Waals surface area contributed by atoms with Crippen LogP contribution in [0.25, 0.3) is 0 Å². The smallest absolute Gasteiger partial charge is 0.167 e. The lowest BCUT2D eigenvalue weighted by Crippen LogP contribution is -2.02. The molecule has 13 heavy (non-hydrogen) atoms. The van der Waals surface area contributed by atoms with Crippen LogP contribution in [0.1, 0.15) is 22.3 Å². The van der Waals surface area contributed by atoms with Crippen molar-refractivity contribution in [2.75, 3.05) is 5.33 Å². The molecule has 70 valence electrons. The van der Waals surface area contributed by atoms with Crippen LogP contribution in [-0.4, -0.2) is 16.2 Å². The summed E-state index contributed by atoms with van der Waals surface area (Å²) in [7, 11) is 0. The molecule has 0 spiro atoms. The van der Waals surface area contributed by atoms with E-state index in [2.05, 4.69) is 15.9 Å². The summed E-state index contributed by atoms with van der Waals surface area (Å²) >= 11 is 3.19. The second-order valence-corrected chi connectivity index (χ2v) is 3.62. The van der Waals surface area contributed by atoms with E-state index in [1.807, 2.05) is 13.0 Å². The van der Waals surface area contributed by atoms with Gasteiger partial charge in [-0.15, -0.1) is 0 Å². The molecule has 3 heteroatoms. The first-order chi connectivity index (χ1) is 6.16. The van der Waals surface area contributed by atoms with E-state index in [0.29, 0.717) is 17.3 Å². The fourth-order valence-corrected chi connectivity index (χ4v) is 1.59. The summed E-state index contributed by atoms with van der Waals surface area (Å²) in [4.78, 5) is 11.5. The Balaban J connectivity index is 3.05. The molecule has 0 atom stereocenters. The molecule has 0 bridgehead atoms. The lowest BCUT2D eigenvalue weighted by molar-refractivity contribution is 0.0986. The Bertz CT molecular complexity index is 300. The molecule has 0 aliphatic carbocycles. The fraction of sp³-hybridized carbons (Fsp3) is 0.300. The Hall–Kier alpha value is -0.830. The van der Waals surface area contributed by atoms with Crippen molar-refractivity contribution in [2.45, 2.75) is 13.3 Å².